The largest absolute Gasteiger partial charge is 0.481 e. The molecular weight excluding hydrogens is 242 g/mol. The number of nitrogens with one attached hydrogen (secondary N) is 1. The van der Waals surface area contributed by atoms with Crippen LogP contribution in [0.1, 0.15) is 18.1 Å². The van der Waals surface area contributed by atoms with E-state index in [2.05, 4.69) is 5.32 Å². The first-order chi connectivity index (χ1) is 8.06. The van der Waals surface area contributed by atoms with Gasteiger partial charge in [-0.3, -0.25) is 9.59 Å². The van der Waals surface area contributed by atoms with E-state index in [1.165, 1.54) is 11.8 Å². The Hall–Kier alpha value is -1.53. The van der Waals surface area contributed by atoms with E-state index in [4.69, 9.17) is 5.11 Å². The highest BCUT2D eigenvalue weighted by Gasteiger charge is 2.18. The Bertz CT molecular complexity index is 475. The van der Waals surface area contributed by atoms with Crippen molar-refractivity contribution in [2.75, 3.05) is 11.1 Å². The maximum Gasteiger partial charge on any atom is 0.306 e. The van der Waals surface area contributed by atoms with Gasteiger partial charge in [-0.25, -0.2) is 0 Å². The van der Waals surface area contributed by atoms with Crippen molar-refractivity contribution in [2.45, 2.75) is 17.4 Å². The fourth-order valence-electron chi connectivity index (χ4n) is 1.59. The van der Waals surface area contributed by atoms with Crippen LogP contribution >= 0.6 is 11.8 Å². The van der Waals surface area contributed by atoms with Gasteiger partial charge in [0.05, 0.1) is 24.0 Å². The zero-order chi connectivity index (χ0) is 12.4. The number of hydrogen-bond donors (Lipinski definition) is 3. The van der Waals surface area contributed by atoms with Gasteiger partial charge in [0.2, 0.25) is 5.91 Å². The zero-order valence-electron chi connectivity index (χ0n) is 8.84. The summed E-state index contributed by atoms with van der Waals surface area (Å²) in [5, 5.41) is 20.9. The molecule has 1 unspecified atom stereocenters. The van der Waals surface area contributed by atoms with Crippen LogP contribution in [0, 0.1) is 0 Å². The van der Waals surface area contributed by atoms with Crippen LogP contribution in [0.25, 0.3) is 0 Å². The van der Waals surface area contributed by atoms with Gasteiger partial charge in [0, 0.05) is 4.90 Å². The number of carboxylic acid groups (broad SMARTS) is 1. The molecule has 0 radical (unpaired) electrons. The van der Waals surface area contributed by atoms with Gasteiger partial charge in [-0.2, -0.15) is 0 Å². The van der Waals surface area contributed by atoms with Crippen LogP contribution < -0.4 is 5.32 Å². The van der Waals surface area contributed by atoms with Crippen LogP contribution in [0.15, 0.2) is 23.1 Å². The number of rotatable bonds is 3. The number of aliphatic hydroxyl groups is 1. The normalized spacial score (nSPS) is 15.9. The third-order valence-electron chi connectivity index (χ3n) is 2.39. The number of aliphatic carboxylic acids is 1. The highest BCUT2D eigenvalue weighted by Crippen LogP contribution is 2.33. The second-order valence-corrected chi connectivity index (χ2v) is 4.72. The summed E-state index contributed by atoms with van der Waals surface area (Å²) < 4.78 is 0. The van der Waals surface area contributed by atoms with Gasteiger partial charge in [0.1, 0.15) is 0 Å². The van der Waals surface area contributed by atoms with Gasteiger partial charge in [0.15, 0.2) is 0 Å². The maximum absolute atomic E-state index is 11.2. The predicted molar refractivity (Wildman–Crippen MR) is 63.0 cm³/mol. The van der Waals surface area contributed by atoms with Crippen molar-refractivity contribution in [3.8, 4) is 0 Å². The molecule has 17 heavy (non-hydrogen) atoms. The summed E-state index contributed by atoms with van der Waals surface area (Å²) >= 11 is 1.42. The van der Waals surface area contributed by atoms with Crippen molar-refractivity contribution in [3.05, 3.63) is 23.8 Å². The predicted octanol–water partition coefficient (Wildman–Crippen LogP) is 1.24. The topological polar surface area (TPSA) is 86.6 Å². The number of carboxylic acids is 1. The van der Waals surface area contributed by atoms with E-state index in [1.807, 2.05) is 0 Å². The molecule has 1 aliphatic rings. The maximum atomic E-state index is 11.2. The number of fused-ring (bicyclic) bond motifs is 1. The molecule has 1 aromatic rings. The minimum absolute atomic E-state index is 0.0904. The number of carbonyl (C=O) groups is 2. The summed E-state index contributed by atoms with van der Waals surface area (Å²) in [6.45, 7) is 0. The Kier molecular flexibility index (Phi) is 3.35. The summed E-state index contributed by atoms with van der Waals surface area (Å²) in [6.07, 6.45) is -1.40. The van der Waals surface area contributed by atoms with E-state index in [0.29, 0.717) is 17.0 Å². The molecule has 0 fully saturated rings. The Morgan fingerprint density at radius 2 is 2.29 bits per heavy atom. The van der Waals surface area contributed by atoms with Gasteiger partial charge >= 0.3 is 5.97 Å². The number of aliphatic hydroxyl groups excluding tert-OH is 1. The first-order valence-corrected chi connectivity index (χ1v) is 6.01. The second kappa shape index (κ2) is 4.77. The van der Waals surface area contributed by atoms with Crippen molar-refractivity contribution >= 4 is 29.3 Å². The van der Waals surface area contributed by atoms with Crippen molar-refractivity contribution in [3.63, 3.8) is 0 Å². The fourth-order valence-corrected chi connectivity index (χ4v) is 2.38. The van der Waals surface area contributed by atoms with Crippen molar-refractivity contribution < 1.29 is 19.8 Å². The number of amides is 1. The first-order valence-electron chi connectivity index (χ1n) is 5.02. The average Bonchev–Trinajstić information content (AvgIpc) is 2.27. The summed E-state index contributed by atoms with van der Waals surface area (Å²) in [4.78, 5) is 22.6. The molecule has 0 saturated carbocycles. The highest BCUT2D eigenvalue weighted by atomic mass is 32.2. The lowest BCUT2D eigenvalue weighted by Crippen LogP contribution is -2.19. The molecule has 1 atom stereocenters. The van der Waals surface area contributed by atoms with Crippen LogP contribution in [-0.2, 0) is 9.59 Å². The smallest absolute Gasteiger partial charge is 0.306 e. The third-order valence-corrected chi connectivity index (χ3v) is 3.46. The molecule has 0 aliphatic carbocycles. The van der Waals surface area contributed by atoms with E-state index in [0.717, 1.165) is 4.90 Å². The number of anilines is 1. The van der Waals surface area contributed by atoms with Crippen molar-refractivity contribution in [1.82, 2.24) is 0 Å². The summed E-state index contributed by atoms with van der Waals surface area (Å²) in [5.41, 5.74) is 1.13. The number of thioether (sulfide) groups is 1. The van der Waals surface area contributed by atoms with Crippen molar-refractivity contribution in [1.29, 1.82) is 0 Å². The quantitative estimate of drug-likeness (QED) is 0.754. The van der Waals surface area contributed by atoms with Crippen LogP contribution in [0.3, 0.4) is 0 Å². The summed E-state index contributed by atoms with van der Waals surface area (Å²) in [7, 11) is 0. The number of hydrogen-bond acceptors (Lipinski definition) is 4. The van der Waals surface area contributed by atoms with Crippen LogP contribution in [0.2, 0.25) is 0 Å². The Morgan fingerprint density at radius 3 is 3.00 bits per heavy atom. The second-order valence-electron chi connectivity index (χ2n) is 3.71. The average molecular weight is 253 g/mol. The summed E-state index contributed by atoms with van der Waals surface area (Å²) in [5.74, 6) is -0.773. The monoisotopic (exact) mass is 253 g/mol. The highest BCUT2D eigenvalue weighted by molar-refractivity contribution is 8.00. The molecule has 90 valence electrons. The zero-order valence-corrected chi connectivity index (χ0v) is 9.66. The Labute approximate surface area is 102 Å². The Morgan fingerprint density at radius 1 is 1.53 bits per heavy atom. The molecule has 6 heteroatoms. The van der Waals surface area contributed by atoms with Crippen LogP contribution in [0.4, 0.5) is 5.69 Å². The molecule has 0 bridgehead atoms. The van der Waals surface area contributed by atoms with E-state index in [1.54, 1.807) is 18.2 Å². The van der Waals surface area contributed by atoms with Crippen molar-refractivity contribution in [2.24, 2.45) is 0 Å². The van der Waals surface area contributed by atoms with Gasteiger partial charge < -0.3 is 15.5 Å². The lowest BCUT2D eigenvalue weighted by atomic mass is 10.1. The van der Waals surface area contributed by atoms with Crippen LogP contribution in [-0.4, -0.2) is 27.8 Å². The third kappa shape index (κ3) is 2.78. The van der Waals surface area contributed by atoms with E-state index in [9.17, 15) is 14.7 Å². The molecule has 1 heterocycles. The van der Waals surface area contributed by atoms with Crippen LogP contribution in [0.5, 0.6) is 0 Å². The molecule has 2 rings (SSSR count). The molecule has 1 aliphatic heterocycles. The molecule has 5 nitrogen and oxygen atoms in total. The van der Waals surface area contributed by atoms with Gasteiger partial charge in [-0.15, -0.1) is 11.8 Å². The minimum atomic E-state index is -1.06. The molecule has 0 saturated heterocycles. The molecule has 1 amide bonds. The van der Waals surface area contributed by atoms with E-state index < -0.39 is 12.1 Å². The molecule has 1 aromatic carbocycles. The molecule has 0 spiro atoms. The molecule has 3 N–H and O–H groups in total. The SMILES string of the molecule is O=C(O)CC(O)c1ccc2c(c1)NC(=O)CS2. The number of carbonyl (C=O) groups excluding carboxylic acids is 1. The molecular formula is C11H11NO4S. The summed E-state index contributed by atoms with van der Waals surface area (Å²) in [6, 6.07) is 5.07. The van der Waals surface area contributed by atoms with Gasteiger partial charge in [-0.1, -0.05) is 6.07 Å². The minimum Gasteiger partial charge on any atom is -0.481 e. The lowest BCUT2D eigenvalue weighted by Gasteiger charge is -2.18. The van der Waals surface area contributed by atoms with Gasteiger partial charge in [-0.05, 0) is 17.7 Å². The molecule has 0 aromatic heterocycles. The Balaban J connectivity index is 2.23. The number of benzene rings is 1. The fraction of sp³-hybridized carbons (Fsp3) is 0.273. The van der Waals surface area contributed by atoms with E-state index in [-0.39, 0.29) is 12.3 Å². The van der Waals surface area contributed by atoms with E-state index >= 15 is 0 Å². The standard InChI is InChI=1S/C11H11NO4S/c13-8(4-11(15)16)6-1-2-9-7(3-6)12-10(14)5-17-9/h1-3,8,13H,4-5H2,(H,12,14)(H,15,16). The first kappa shape index (κ1) is 11.9. The van der Waals surface area contributed by atoms with Gasteiger partial charge in [0.25, 0.3) is 0 Å². The lowest BCUT2D eigenvalue weighted by molar-refractivity contribution is -0.139.